The highest BCUT2D eigenvalue weighted by molar-refractivity contribution is 6.36. The maximum absolute atomic E-state index is 6.29. The third-order valence-electron chi connectivity index (χ3n) is 4.17. The maximum atomic E-state index is 6.29. The first-order valence-electron chi connectivity index (χ1n) is 8.22. The third kappa shape index (κ3) is 4.71. The lowest BCUT2D eigenvalue weighted by Crippen LogP contribution is -2.37. The van der Waals surface area contributed by atoms with Crippen molar-refractivity contribution in [3.63, 3.8) is 0 Å². The van der Waals surface area contributed by atoms with Gasteiger partial charge in [0, 0.05) is 35.8 Å². The van der Waals surface area contributed by atoms with Crippen molar-refractivity contribution in [1.29, 1.82) is 0 Å². The standard InChI is InChI=1S/C17H22Cl2N4O/c18-14-2-3-15(16(19)10-14)17-13(12-21-22-17)11-20-4-1-5-23-6-8-24-9-7-23/h2-3,10,12,20H,1,4-9,11H2,(H,21,22). The summed E-state index contributed by atoms with van der Waals surface area (Å²) in [5, 5.41) is 11.9. The largest absolute Gasteiger partial charge is 0.379 e. The smallest absolute Gasteiger partial charge is 0.0710 e. The Hall–Kier alpha value is -1.11. The van der Waals surface area contributed by atoms with Crippen LogP contribution in [0.15, 0.2) is 24.4 Å². The molecule has 1 aliphatic rings. The number of rotatable bonds is 7. The van der Waals surface area contributed by atoms with Crippen LogP contribution < -0.4 is 5.32 Å². The third-order valence-corrected chi connectivity index (χ3v) is 4.71. The molecule has 2 N–H and O–H groups in total. The van der Waals surface area contributed by atoms with Crippen molar-refractivity contribution < 1.29 is 4.74 Å². The Morgan fingerprint density at radius 2 is 2.08 bits per heavy atom. The average molecular weight is 369 g/mol. The van der Waals surface area contributed by atoms with E-state index >= 15 is 0 Å². The number of H-pyrrole nitrogens is 1. The molecule has 1 aromatic heterocycles. The minimum absolute atomic E-state index is 0.625. The second kappa shape index (κ2) is 8.83. The second-order valence-corrected chi connectivity index (χ2v) is 6.72. The number of aromatic nitrogens is 2. The first-order valence-corrected chi connectivity index (χ1v) is 8.98. The Morgan fingerprint density at radius 3 is 2.88 bits per heavy atom. The summed E-state index contributed by atoms with van der Waals surface area (Å²) in [5.74, 6) is 0. The lowest BCUT2D eigenvalue weighted by Gasteiger charge is -2.26. The van der Waals surface area contributed by atoms with E-state index in [4.69, 9.17) is 27.9 Å². The van der Waals surface area contributed by atoms with Crippen LogP contribution in [0.25, 0.3) is 11.3 Å². The fourth-order valence-corrected chi connectivity index (χ4v) is 3.35. The predicted octanol–water partition coefficient (Wildman–Crippen LogP) is 3.20. The number of halogens is 2. The van der Waals surface area contributed by atoms with E-state index in [9.17, 15) is 0 Å². The summed E-state index contributed by atoms with van der Waals surface area (Å²) in [6.07, 6.45) is 2.96. The van der Waals surface area contributed by atoms with Gasteiger partial charge in [-0.1, -0.05) is 23.2 Å². The van der Waals surface area contributed by atoms with Crippen molar-refractivity contribution in [2.75, 3.05) is 39.4 Å². The molecule has 1 aliphatic heterocycles. The summed E-state index contributed by atoms with van der Waals surface area (Å²) in [7, 11) is 0. The van der Waals surface area contributed by atoms with Gasteiger partial charge < -0.3 is 10.1 Å². The van der Waals surface area contributed by atoms with Gasteiger partial charge >= 0.3 is 0 Å². The van der Waals surface area contributed by atoms with Crippen LogP contribution in [-0.4, -0.2) is 54.5 Å². The molecule has 0 aliphatic carbocycles. The van der Waals surface area contributed by atoms with E-state index in [0.29, 0.717) is 10.0 Å². The van der Waals surface area contributed by atoms with Gasteiger partial charge in [0.1, 0.15) is 0 Å². The summed E-state index contributed by atoms with van der Waals surface area (Å²) >= 11 is 12.3. The highest BCUT2D eigenvalue weighted by Crippen LogP contribution is 2.30. The second-order valence-electron chi connectivity index (χ2n) is 5.88. The molecule has 0 spiro atoms. The molecule has 1 saturated heterocycles. The van der Waals surface area contributed by atoms with E-state index in [1.807, 2.05) is 18.3 Å². The van der Waals surface area contributed by atoms with Crippen LogP contribution in [-0.2, 0) is 11.3 Å². The molecule has 24 heavy (non-hydrogen) atoms. The van der Waals surface area contributed by atoms with Gasteiger partial charge in [-0.2, -0.15) is 5.10 Å². The van der Waals surface area contributed by atoms with Crippen LogP contribution in [0.1, 0.15) is 12.0 Å². The summed E-state index contributed by atoms with van der Waals surface area (Å²) < 4.78 is 5.36. The summed E-state index contributed by atoms with van der Waals surface area (Å²) in [5.41, 5.74) is 2.96. The Bertz CT molecular complexity index is 656. The van der Waals surface area contributed by atoms with Crippen LogP contribution in [0.5, 0.6) is 0 Å². The molecule has 5 nitrogen and oxygen atoms in total. The van der Waals surface area contributed by atoms with Crippen molar-refractivity contribution in [2.45, 2.75) is 13.0 Å². The molecule has 1 aromatic carbocycles. The molecular formula is C17H22Cl2N4O. The first-order chi connectivity index (χ1) is 11.7. The van der Waals surface area contributed by atoms with E-state index in [1.54, 1.807) is 6.07 Å². The molecule has 2 heterocycles. The molecule has 0 saturated carbocycles. The minimum atomic E-state index is 0.625. The van der Waals surface area contributed by atoms with E-state index < -0.39 is 0 Å². The van der Waals surface area contributed by atoms with E-state index in [1.165, 1.54) is 0 Å². The van der Waals surface area contributed by atoms with Gasteiger partial charge in [-0.05, 0) is 37.7 Å². The van der Waals surface area contributed by atoms with Gasteiger partial charge in [-0.3, -0.25) is 10.00 Å². The number of morpholine rings is 1. The normalized spacial score (nSPS) is 15.8. The van der Waals surface area contributed by atoms with E-state index in [0.717, 1.165) is 69.2 Å². The Kier molecular flexibility index (Phi) is 6.51. The number of ether oxygens (including phenoxy) is 1. The number of nitrogens with zero attached hydrogens (tertiary/aromatic N) is 2. The molecule has 0 unspecified atom stereocenters. The molecule has 1 fully saturated rings. The minimum Gasteiger partial charge on any atom is -0.379 e. The van der Waals surface area contributed by atoms with Crippen LogP contribution in [0, 0.1) is 0 Å². The van der Waals surface area contributed by atoms with Gasteiger partial charge in [0.2, 0.25) is 0 Å². The fraction of sp³-hybridized carbons (Fsp3) is 0.471. The van der Waals surface area contributed by atoms with Crippen molar-refractivity contribution in [3.05, 3.63) is 40.0 Å². The molecule has 0 bridgehead atoms. The van der Waals surface area contributed by atoms with Crippen LogP contribution >= 0.6 is 23.2 Å². The Morgan fingerprint density at radius 1 is 1.25 bits per heavy atom. The number of benzene rings is 1. The molecule has 0 atom stereocenters. The van der Waals surface area contributed by atoms with Gasteiger partial charge in [-0.25, -0.2) is 0 Å². The first kappa shape index (κ1) is 17.7. The van der Waals surface area contributed by atoms with Crippen molar-refractivity contribution >= 4 is 23.2 Å². The molecule has 130 valence electrons. The molecular weight excluding hydrogens is 347 g/mol. The Balaban J connectivity index is 1.49. The van der Waals surface area contributed by atoms with Gasteiger partial charge in [0.05, 0.1) is 30.1 Å². The van der Waals surface area contributed by atoms with Gasteiger partial charge in [-0.15, -0.1) is 0 Å². The molecule has 3 rings (SSSR count). The topological polar surface area (TPSA) is 53.2 Å². The monoisotopic (exact) mass is 368 g/mol. The summed E-state index contributed by atoms with van der Waals surface area (Å²) in [6.45, 7) is 6.63. The van der Waals surface area contributed by atoms with E-state index in [-0.39, 0.29) is 0 Å². The molecule has 0 amide bonds. The Labute approximate surface area is 152 Å². The molecule has 2 aromatic rings. The zero-order valence-electron chi connectivity index (χ0n) is 13.5. The van der Waals surface area contributed by atoms with Crippen LogP contribution in [0.3, 0.4) is 0 Å². The molecule has 0 radical (unpaired) electrons. The van der Waals surface area contributed by atoms with Crippen molar-refractivity contribution in [2.24, 2.45) is 0 Å². The van der Waals surface area contributed by atoms with Crippen LogP contribution in [0.2, 0.25) is 10.0 Å². The zero-order chi connectivity index (χ0) is 16.8. The quantitative estimate of drug-likeness (QED) is 0.736. The lowest BCUT2D eigenvalue weighted by atomic mass is 10.1. The zero-order valence-corrected chi connectivity index (χ0v) is 15.0. The number of hydrogen-bond donors (Lipinski definition) is 2. The lowest BCUT2D eigenvalue weighted by molar-refractivity contribution is 0.0374. The maximum Gasteiger partial charge on any atom is 0.0710 e. The number of nitrogens with one attached hydrogen (secondary N) is 2. The number of aromatic amines is 1. The van der Waals surface area contributed by atoms with Crippen molar-refractivity contribution in [1.82, 2.24) is 20.4 Å². The van der Waals surface area contributed by atoms with E-state index in [2.05, 4.69) is 20.4 Å². The highest BCUT2D eigenvalue weighted by Gasteiger charge is 2.12. The highest BCUT2D eigenvalue weighted by atomic mass is 35.5. The average Bonchev–Trinajstić information content (AvgIpc) is 3.04. The molecule has 7 heteroatoms. The van der Waals surface area contributed by atoms with Gasteiger partial charge in [0.25, 0.3) is 0 Å². The van der Waals surface area contributed by atoms with Crippen molar-refractivity contribution in [3.8, 4) is 11.3 Å². The summed E-state index contributed by atoms with van der Waals surface area (Å²) in [4.78, 5) is 2.45. The number of hydrogen-bond acceptors (Lipinski definition) is 4. The van der Waals surface area contributed by atoms with Crippen LogP contribution in [0.4, 0.5) is 0 Å². The van der Waals surface area contributed by atoms with Gasteiger partial charge in [0.15, 0.2) is 0 Å². The SMILES string of the molecule is Clc1ccc(-c2[nH]ncc2CNCCCN2CCOCC2)c(Cl)c1. The summed E-state index contributed by atoms with van der Waals surface area (Å²) in [6, 6.07) is 5.50. The fourth-order valence-electron chi connectivity index (χ4n) is 2.85. The predicted molar refractivity (Wildman–Crippen MR) is 97.6 cm³/mol.